The topological polar surface area (TPSA) is 99.7 Å². The van der Waals surface area contributed by atoms with Crippen molar-refractivity contribution in [1.29, 1.82) is 0 Å². The molecule has 0 saturated carbocycles. The largest absolute Gasteiger partial charge is 0.325 e. The minimum Gasteiger partial charge on any atom is -0.325 e. The van der Waals surface area contributed by atoms with E-state index in [0.717, 1.165) is 22.0 Å². The van der Waals surface area contributed by atoms with Crippen LogP contribution in [0.25, 0.3) is 0 Å². The first kappa shape index (κ1) is 21.7. The first-order chi connectivity index (χ1) is 15.4. The van der Waals surface area contributed by atoms with Gasteiger partial charge in [-0.25, -0.2) is 8.42 Å². The number of anilines is 2. The number of nitrogens with one attached hydrogen (secondary N) is 1. The van der Waals surface area contributed by atoms with Crippen LogP contribution in [0.3, 0.4) is 0 Å². The number of pyridine rings is 1. The summed E-state index contributed by atoms with van der Waals surface area (Å²) in [5, 5.41) is 2.66. The Kier molecular flexibility index (Phi) is 6.02. The molecule has 2 amide bonds. The molecule has 0 spiro atoms. The van der Waals surface area contributed by atoms with Crippen LogP contribution in [0, 0.1) is 0 Å². The predicted octanol–water partition coefficient (Wildman–Crippen LogP) is 2.54. The fourth-order valence-electron chi connectivity index (χ4n) is 3.57. The molecule has 2 heterocycles. The van der Waals surface area contributed by atoms with Gasteiger partial charge in [-0.1, -0.05) is 18.2 Å². The summed E-state index contributed by atoms with van der Waals surface area (Å²) in [6, 6.07) is 17.3. The zero-order valence-electron chi connectivity index (χ0n) is 17.4. The van der Waals surface area contributed by atoms with Crippen LogP contribution in [0.15, 0.2) is 78.0 Å². The van der Waals surface area contributed by atoms with Crippen LogP contribution in [0.4, 0.5) is 11.4 Å². The number of carbonyl (C=O) groups excluding carboxylic acids is 2. The van der Waals surface area contributed by atoms with E-state index in [0.29, 0.717) is 17.8 Å². The van der Waals surface area contributed by atoms with E-state index in [1.807, 2.05) is 24.3 Å². The quantitative estimate of drug-likeness (QED) is 0.622. The molecule has 0 aliphatic carbocycles. The summed E-state index contributed by atoms with van der Waals surface area (Å²) in [4.78, 5) is 30.8. The Morgan fingerprint density at radius 2 is 1.81 bits per heavy atom. The molecule has 0 radical (unpaired) electrons. The number of hydrogen-bond acceptors (Lipinski definition) is 5. The normalized spacial score (nSPS) is 13.1. The van der Waals surface area contributed by atoms with Gasteiger partial charge in [0.2, 0.25) is 15.9 Å². The lowest BCUT2D eigenvalue weighted by atomic mass is 10.1. The second-order valence-corrected chi connectivity index (χ2v) is 9.46. The average molecular weight is 451 g/mol. The summed E-state index contributed by atoms with van der Waals surface area (Å²) in [6.45, 7) is 0.275. The van der Waals surface area contributed by atoms with Crippen LogP contribution in [0.2, 0.25) is 0 Å². The summed E-state index contributed by atoms with van der Waals surface area (Å²) >= 11 is 0. The number of para-hydroxylation sites is 1. The van der Waals surface area contributed by atoms with E-state index >= 15 is 0 Å². The van der Waals surface area contributed by atoms with Crippen LogP contribution < -0.4 is 10.2 Å². The van der Waals surface area contributed by atoms with Crippen LogP contribution in [-0.2, 0) is 21.2 Å². The number of likely N-dealkylation sites (N-methyl/N-ethyl adjacent to an activating group) is 1. The maximum absolute atomic E-state index is 12.9. The summed E-state index contributed by atoms with van der Waals surface area (Å²) in [5.41, 5.74) is 3.05. The molecule has 1 aromatic heterocycles. The number of fused-ring (bicyclic) bond motifs is 1. The molecule has 32 heavy (non-hydrogen) atoms. The zero-order valence-corrected chi connectivity index (χ0v) is 18.2. The van der Waals surface area contributed by atoms with Crippen LogP contribution >= 0.6 is 0 Å². The molecule has 164 valence electrons. The highest BCUT2D eigenvalue weighted by atomic mass is 32.2. The van der Waals surface area contributed by atoms with E-state index in [9.17, 15) is 18.0 Å². The molecule has 8 nitrogen and oxygen atoms in total. The molecule has 0 fully saturated rings. The van der Waals surface area contributed by atoms with Crippen LogP contribution in [0.1, 0.15) is 15.9 Å². The van der Waals surface area contributed by atoms with Gasteiger partial charge in [-0.15, -0.1) is 0 Å². The van der Waals surface area contributed by atoms with Gasteiger partial charge in [0.05, 0.1) is 6.54 Å². The number of carbonyl (C=O) groups is 2. The van der Waals surface area contributed by atoms with E-state index in [4.69, 9.17) is 0 Å². The van der Waals surface area contributed by atoms with Crippen molar-refractivity contribution < 1.29 is 18.0 Å². The summed E-state index contributed by atoms with van der Waals surface area (Å²) in [7, 11) is -2.49. The maximum atomic E-state index is 12.9. The van der Waals surface area contributed by atoms with E-state index < -0.39 is 15.9 Å². The fraction of sp³-hybridized carbons (Fsp3) is 0.174. The van der Waals surface area contributed by atoms with Gasteiger partial charge >= 0.3 is 0 Å². The first-order valence-electron chi connectivity index (χ1n) is 10.0. The Balaban J connectivity index is 1.39. The van der Waals surface area contributed by atoms with Crippen molar-refractivity contribution in [3.63, 3.8) is 0 Å². The number of aromatic nitrogens is 1. The second-order valence-electron chi connectivity index (χ2n) is 7.41. The van der Waals surface area contributed by atoms with Gasteiger partial charge in [-0.3, -0.25) is 14.6 Å². The third kappa shape index (κ3) is 4.39. The number of hydrogen-bond donors (Lipinski definition) is 1. The van der Waals surface area contributed by atoms with E-state index in [1.165, 1.54) is 31.6 Å². The van der Waals surface area contributed by atoms with Gasteiger partial charge in [0.1, 0.15) is 4.90 Å². The number of sulfonamides is 1. The van der Waals surface area contributed by atoms with E-state index in [1.54, 1.807) is 29.2 Å². The summed E-state index contributed by atoms with van der Waals surface area (Å²) < 4.78 is 26.0. The van der Waals surface area contributed by atoms with Crippen molar-refractivity contribution in [2.45, 2.75) is 11.3 Å². The lowest BCUT2D eigenvalue weighted by Gasteiger charge is -2.18. The molecule has 0 bridgehead atoms. The monoisotopic (exact) mass is 450 g/mol. The number of benzene rings is 2. The first-order valence-corrected chi connectivity index (χ1v) is 11.5. The third-order valence-electron chi connectivity index (χ3n) is 5.26. The third-order valence-corrected chi connectivity index (χ3v) is 7.04. The minimum atomic E-state index is -3.82. The van der Waals surface area contributed by atoms with E-state index in [-0.39, 0.29) is 17.3 Å². The van der Waals surface area contributed by atoms with Gasteiger partial charge in [0, 0.05) is 42.9 Å². The van der Waals surface area contributed by atoms with Crippen molar-refractivity contribution >= 4 is 33.2 Å². The molecule has 0 unspecified atom stereocenters. The maximum Gasteiger partial charge on any atom is 0.258 e. The molecule has 1 aliphatic heterocycles. The highest BCUT2D eigenvalue weighted by Gasteiger charge is 2.25. The Labute approximate surface area is 186 Å². The van der Waals surface area contributed by atoms with Crippen molar-refractivity contribution in [2.24, 2.45) is 0 Å². The molecule has 1 aliphatic rings. The summed E-state index contributed by atoms with van der Waals surface area (Å²) in [5.74, 6) is -0.595. The Hall–Kier alpha value is -3.56. The molecule has 3 aromatic rings. The van der Waals surface area contributed by atoms with Gasteiger partial charge in [0.15, 0.2) is 0 Å². The number of amides is 2. The van der Waals surface area contributed by atoms with Gasteiger partial charge in [0.25, 0.3) is 5.91 Å². The average Bonchev–Trinajstić information content (AvgIpc) is 3.24. The van der Waals surface area contributed by atoms with Crippen LogP contribution in [0.5, 0.6) is 0 Å². The minimum absolute atomic E-state index is 0.0154. The standard InChI is InChI=1S/C23H22N4O4S/c1-26(32(30,31)20-6-4-13-24-15-20)16-22(28)25-19-10-8-18(9-11-19)23(29)27-14-12-17-5-2-3-7-21(17)27/h2-11,13,15H,12,14,16H2,1H3,(H,25,28). The predicted molar refractivity (Wildman–Crippen MR) is 121 cm³/mol. The highest BCUT2D eigenvalue weighted by Crippen LogP contribution is 2.29. The Morgan fingerprint density at radius 3 is 2.53 bits per heavy atom. The van der Waals surface area contributed by atoms with Gasteiger partial charge in [-0.2, -0.15) is 4.31 Å². The SMILES string of the molecule is CN(CC(=O)Nc1ccc(C(=O)N2CCc3ccccc32)cc1)S(=O)(=O)c1cccnc1. The van der Waals surface area contributed by atoms with Gasteiger partial charge in [-0.05, 0) is 54.4 Å². The Bertz CT molecular complexity index is 1240. The molecule has 9 heteroatoms. The zero-order chi connectivity index (χ0) is 22.7. The smallest absolute Gasteiger partial charge is 0.258 e. The Morgan fingerprint density at radius 1 is 1.06 bits per heavy atom. The highest BCUT2D eigenvalue weighted by molar-refractivity contribution is 7.89. The van der Waals surface area contributed by atoms with Gasteiger partial charge < -0.3 is 10.2 Å². The molecule has 1 N–H and O–H groups in total. The van der Waals surface area contributed by atoms with Crippen molar-refractivity contribution in [1.82, 2.24) is 9.29 Å². The molecular formula is C23H22N4O4S. The molecular weight excluding hydrogens is 428 g/mol. The number of rotatable bonds is 6. The lowest BCUT2D eigenvalue weighted by Crippen LogP contribution is -2.35. The molecule has 4 rings (SSSR count). The van der Waals surface area contributed by atoms with Crippen LogP contribution in [-0.4, -0.2) is 49.7 Å². The second kappa shape index (κ2) is 8.89. The van der Waals surface area contributed by atoms with Crippen molar-refractivity contribution in [3.05, 3.63) is 84.2 Å². The van der Waals surface area contributed by atoms with Crippen molar-refractivity contribution in [2.75, 3.05) is 30.4 Å². The fourth-order valence-corrected chi connectivity index (χ4v) is 4.66. The molecule has 0 saturated heterocycles. The van der Waals surface area contributed by atoms with E-state index in [2.05, 4.69) is 10.3 Å². The molecule has 0 atom stereocenters. The summed E-state index contributed by atoms with van der Waals surface area (Å²) in [6.07, 6.45) is 3.53. The lowest BCUT2D eigenvalue weighted by molar-refractivity contribution is -0.116. The molecule has 2 aromatic carbocycles. The number of nitrogens with zero attached hydrogens (tertiary/aromatic N) is 3. The van der Waals surface area contributed by atoms with Crippen molar-refractivity contribution in [3.8, 4) is 0 Å².